The van der Waals surface area contributed by atoms with E-state index >= 15 is 0 Å². The molecule has 0 fully saturated rings. The molecule has 0 radical (unpaired) electrons. The number of aliphatic hydroxyl groups excluding tert-OH is 2. The molecule has 0 aliphatic rings. The average molecular weight is 283 g/mol. The van der Waals surface area contributed by atoms with Crippen molar-refractivity contribution in [2.45, 2.75) is 24.9 Å². The fourth-order valence-electron chi connectivity index (χ4n) is 1.98. The number of hydrogen-bond donors (Lipinski definition) is 4. The summed E-state index contributed by atoms with van der Waals surface area (Å²) in [5, 5.41) is 29.9. The molecule has 0 aromatic carbocycles. The number of nitrogens with two attached hydrogens (primary N) is 1. The van der Waals surface area contributed by atoms with E-state index in [9.17, 15) is 10.2 Å². The molecule has 0 aliphatic heterocycles. The summed E-state index contributed by atoms with van der Waals surface area (Å²) in [6.45, 7) is 0.913. The molecule has 1 unspecified atom stereocenters. The highest BCUT2D eigenvalue weighted by molar-refractivity contribution is 5.81. The third kappa shape index (κ3) is 2.20. The number of ether oxygens (including phenoxy) is 1. The number of fused-ring (bicyclic) bond motifs is 1. The van der Waals surface area contributed by atoms with Crippen LogP contribution in [0.15, 0.2) is 12.7 Å². The Bertz CT molecular complexity index is 596. The summed E-state index contributed by atoms with van der Waals surface area (Å²) in [7, 11) is 1.33. The Hall–Kier alpha value is -1.81. The van der Waals surface area contributed by atoms with Gasteiger partial charge in [-0.05, 0) is 6.92 Å². The Morgan fingerprint density at radius 2 is 2.15 bits per heavy atom. The van der Waals surface area contributed by atoms with Gasteiger partial charge in [-0.3, -0.25) is 4.57 Å². The van der Waals surface area contributed by atoms with Crippen LogP contribution in [0.25, 0.3) is 11.2 Å². The zero-order valence-electron chi connectivity index (χ0n) is 11.1. The molecule has 2 rings (SSSR count). The largest absolute Gasteiger partial charge is 0.394 e. The SMILES string of the molecule is CO[C@H](CO)[C@@H](O)C(C)(O)n1cnc2c(N)ncnc21. The van der Waals surface area contributed by atoms with E-state index in [0.29, 0.717) is 5.52 Å². The van der Waals surface area contributed by atoms with Gasteiger partial charge in [-0.25, -0.2) is 15.0 Å². The first-order valence-corrected chi connectivity index (χ1v) is 5.91. The number of rotatable bonds is 5. The fourth-order valence-corrected chi connectivity index (χ4v) is 1.98. The molecule has 3 atom stereocenters. The molecule has 9 heteroatoms. The molecule has 0 saturated heterocycles. The van der Waals surface area contributed by atoms with Gasteiger partial charge in [-0.15, -0.1) is 0 Å². The first kappa shape index (κ1) is 14.6. The van der Waals surface area contributed by atoms with Gasteiger partial charge < -0.3 is 25.8 Å². The van der Waals surface area contributed by atoms with Crippen molar-refractivity contribution in [1.82, 2.24) is 19.5 Å². The Labute approximate surface area is 114 Å². The fraction of sp³-hybridized carbons (Fsp3) is 0.545. The predicted molar refractivity (Wildman–Crippen MR) is 69.5 cm³/mol. The predicted octanol–water partition coefficient (Wildman–Crippen LogP) is -1.56. The highest BCUT2D eigenvalue weighted by atomic mass is 16.5. The smallest absolute Gasteiger partial charge is 0.170 e. The van der Waals surface area contributed by atoms with Crippen LogP contribution in [0.4, 0.5) is 5.82 Å². The minimum atomic E-state index is -1.79. The van der Waals surface area contributed by atoms with E-state index in [1.54, 1.807) is 0 Å². The van der Waals surface area contributed by atoms with Crippen molar-refractivity contribution in [3.8, 4) is 0 Å². The Morgan fingerprint density at radius 1 is 1.45 bits per heavy atom. The molecule has 9 nitrogen and oxygen atoms in total. The Kier molecular flexibility index (Phi) is 3.86. The first-order valence-electron chi connectivity index (χ1n) is 5.91. The molecule has 20 heavy (non-hydrogen) atoms. The zero-order chi connectivity index (χ0) is 14.9. The molecule has 110 valence electrons. The molecule has 5 N–H and O–H groups in total. The standard InChI is InChI=1S/C11H17N5O4/c1-11(19,8(18)6(3-17)20-2)16-5-15-7-9(12)13-4-14-10(7)16/h4-6,8,17-19H,3H2,1-2H3,(H2,12,13,14)/t6-,8-,11?/m1/s1. The van der Waals surface area contributed by atoms with Crippen LogP contribution in [0.3, 0.4) is 0 Å². The molecular weight excluding hydrogens is 266 g/mol. The van der Waals surface area contributed by atoms with E-state index in [-0.39, 0.29) is 11.5 Å². The van der Waals surface area contributed by atoms with Crippen molar-refractivity contribution in [1.29, 1.82) is 0 Å². The van der Waals surface area contributed by atoms with Crippen LogP contribution < -0.4 is 5.73 Å². The third-order valence-electron chi connectivity index (χ3n) is 3.24. The van der Waals surface area contributed by atoms with Crippen LogP contribution in [0.5, 0.6) is 0 Å². The summed E-state index contributed by atoms with van der Waals surface area (Å²) in [6, 6.07) is 0. The monoisotopic (exact) mass is 283 g/mol. The van der Waals surface area contributed by atoms with Crippen LogP contribution in [-0.4, -0.2) is 60.8 Å². The van der Waals surface area contributed by atoms with Crippen LogP contribution in [-0.2, 0) is 10.5 Å². The molecule has 2 aromatic rings. The number of hydrogen-bond acceptors (Lipinski definition) is 8. The molecule has 0 bridgehead atoms. The van der Waals surface area contributed by atoms with Crippen molar-refractivity contribution in [3.05, 3.63) is 12.7 Å². The second-order valence-corrected chi connectivity index (χ2v) is 4.54. The number of aromatic nitrogens is 4. The summed E-state index contributed by atoms with van der Waals surface area (Å²) < 4.78 is 6.19. The first-order chi connectivity index (χ1) is 9.43. The maximum Gasteiger partial charge on any atom is 0.170 e. The van der Waals surface area contributed by atoms with Gasteiger partial charge in [0.15, 0.2) is 17.2 Å². The highest BCUT2D eigenvalue weighted by Gasteiger charge is 2.39. The van der Waals surface area contributed by atoms with Crippen LogP contribution >= 0.6 is 0 Å². The van der Waals surface area contributed by atoms with E-state index in [1.165, 1.54) is 31.3 Å². The van der Waals surface area contributed by atoms with Crippen LogP contribution in [0.2, 0.25) is 0 Å². The van der Waals surface area contributed by atoms with E-state index in [4.69, 9.17) is 15.6 Å². The molecule has 0 aliphatic carbocycles. The molecule has 0 amide bonds. The van der Waals surface area contributed by atoms with Gasteiger partial charge in [0.05, 0.1) is 12.9 Å². The van der Waals surface area contributed by atoms with Crippen LogP contribution in [0.1, 0.15) is 6.92 Å². The van der Waals surface area contributed by atoms with Crippen molar-refractivity contribution in [2.24, 2.45) is 0 Å². The van der Waals surface area contributed by atoms with Gasteiger partial charge in [-0.1, -0.05) is 0 Å². The van der Waals surface area contributed by atoms with E-state index in [2.05, 4.69) is 15.0 Å². The van der Waals surface area contributed by atoms with Gasteiger partial charge >= 0.3 is 0 Å². The van der Waals surface area contributed by atoms with Crippen molar-refractivity contribution < 1.29 is 20.1 Å². The Balaban J connectivity index is 2.49. The van der Waals surface area contributed by atoms with Crippen molar-refractivity contribution >= 4 is 17.0 Å². The number of nitrogen functional groups attached to an aromatic ring is 1. The number of aliphatic hydroxyl groups is 3. The summed E-state index contributed by atoms with van der Waals surface area (Å²) in [6.07, 6.45) is 0.175. The highest BCUT2D eigenvalue weighted by Crippen LogP contribution is 2.26. The summed E-state index contributed by atoms with van der Waals surface area (Å²) in [5.41, 5.74) is 4.46. The Morgan fingerprint density at radius 3 is 2.75 bits per heavy atom. The van der Waals surface area contributed by atoms with Crippen molar-refractivity contribution in [2.75, 3.05) is 19.5 Å². The third-order valence-corrected chi connectivity index (χ3v) is 3.24. The van der Waals surface area contributed by atoms with Gasteiger partial charge in [0, 0.05) is 7.11 Å². The summed E-state index contributed by atoms with van der Waals surface area (Å²) in [4.78, 5) is 11.8. The maximum absolute atomic E-state index is 10.5. The lowest BCUT2D eigenvalue weighted by Crippen LogP contribution is -2.50. The second kappa shape index (κ2) is 5.29. The zero-order valence-corrected chi connectivity index (χ0v) is 11.1. The quantitative estimate of drug-likeness (QED) is 0.516. The lowest BCUT2D eigenvalue weighted by Gasteiger charge is -2.34. The normalized spacial score (nSPS) is 17.9. The summed E-state index contributed by atoms with van der Waals surface area (Å²) in [5.74, 6) is 0.171. The lowest BCUT2D eigenvalue weighted by molar-refractivity contribution is -0.174. The molecule has 2 aromatic heterocycles. The van der Waals surface area contributed by atoms with Gasteiger partial charge in [-0.2, -0.15) is 0 Å². The second-order valence-electron chi connectivity index (χ2n) is 4.54. The number of methoxy groups -OCH3 is 1. The van der Waals surface area contributed by atoms with Crippen LogP contribution in [0, 0.1) is 0 Å². The number of imidazole rings is 1. The molecule has 0 saturated carbocycles. The van der Waals surface area contributed by atoms with E-state index in [0.717, 1.165) is 0 Å². The molecule has 0 spiro atoms. The lowest BCUT2D eigenvalue weighted by atomic mass is 10.0. The topological polar surface area (TPSA) is 140 Å². The number of anilines is 1. The van der Waals surface area contributed by atoms with Gasteiger partial charge in [0.25, 0.3) is 0 Å². The van der Waals surface area contributed by atoms with E-state index < -0.39 is 24.5 Å². The average Bonchev–Trinajstić information content (AvgIpc) is 2.86. The van der Waals surface area contributed by atoms with Gasteiger partial charge in [0.2, 0.25) is 0 Å². The number of nitrogens with zero attached hydrogens (tertiary/aromatic N) is 4. The molecule has 2 heterocycles. The van der Waals surface area contributed by atoms with E-state index in [1.807, 2.05) is 0 Å². The minimum Gasteiger partial charge on any atom is -0.394 e. The molecular formula is C11H17N5O4. The summed E-state index contributed by atoms with van der Waals surface area (Å²) >= 11 is 0. The minimum absolute atomic E-state index is 0.171. The maximum atomic E-state index is 10.5. The van der Waals surface area contributed by atoms with Gasteiger partial charge in [0.1, 0.15) is 24.1 Å². The van der Waals surface area contributed by atoms with Crippen molar-refractivity contribution in [3.63, 3.8) is 0 Å².